The molecule has 5 atom stereocenters. The number of carbonyl (C=O) groups is 1. The van der Waals surface area contributed by atoms with Gasteiger partial charge in [-0.25, -0.2) is 14.7 Å². The van der Waals surface area contributed by atoms with Gasteiger partial charge in [0.15, 0.2) is 0 Å². The van der Waals surface area contributed by atoms with Crippen LogP contribution in [0.25, 0.3) is 0 Å². The van der Waals surface area contributed by atoms with Gasteiger partial charge in [0.05, 0.1) is 6.10 Å². The van der Waals surface area contributed by atoms with Crippen molar-refractivity contribution in [3.05, 3.63) is 12.2 Å². The van der Waals surface area contributed by atoms with E-state index in [9.17, 15) is 10.1 Å². The van der Waals surface area contributed by atoms with Crippen LogP contribution in [0.3, 0.4) is 0 Å². The number of unbranched alkanes of at least 4 members (excludes halogenated alkanes) is 4. The highest BCUT2D eigenvalue weighted by Gasteiger charge is 2.49. The highest BCUT2D eigenvalue weighted by atomic mass is 17.2. The molecular weight excluding hydrogens is 360 g/mol. The number of rotatable bonds is 14. The van der Waals surface area contributed by atoms with E-state index in [4.69, 9.17) is 19.8 Å². The zero-order chi connectivity index (χ0) is 20.6. The SMILES string of the molecule is CCCCC(C)(C)C(C=C[C@H]1[C@H](CCCCCCC(=O)O)[C@H]2C[C@H]1OO2)OO. The van der Waals surface area contributed by atoms with Crippen LogP contribution in [-0.2, 0) is 19.5 Å². The Morgan fingerprint density at radius 2 is 1.89 bits per heavy atom. The van der Waals surface area contributed by atoms with E-state index in [1.165, 1.54) is 0 Å². The summed E-state index contributed by atoms with van der Waals surface area (Å²) in [5, 5.41) is 18.2. The Morgan fingerprint density at radius 3 is 2.57 bits per heavy atom. The second kappa shape index (κ2) is 11.3. The van der Waals surface area contributed by atoms with E-state index in [-0.39, 0.29) is 36.1 Å². The first kappa shape index (κ1) is 23.3. The summed E-state index contributed by atoms with van der Waals surface area (Å²) < 4.78 is 0. The summed E-state index contributed by atoms with van der Waals surface area (Å²) >= 11 is 0. The van der Waals surface area contributed by atoms with Crippen molar-refractivity contribution < 1.29 is 29.8 Å². The van der Waals surface area contributed by atoms with E-state index in [0.29, 0.717) is 5.92 Å². The van der Waals surface area contributed by atoms with Crippen LogP contribution >= 0.6 is 0 Å². The quantitative estimate of drug-likeness (QED) is 0.177. The standard InChI is InChI=1S/C22H38O6/c1-4-5-14-22(2,3)20(26-25)13-12-17-16(18-15-19(17)28-27-18)10-8-6-7-9-11-21(23)24/h12-13,16-20,25H,4-11,14-15H2,1-3H3,(H,23,24)/t16-,17-,18+,19+,20?/m0/s1. The molecule has 1 aliphatic heterocycles. The molecule has 0 aromatic carbocycles. The van der Waals surface area contributed by atoms with E-state index in [2.05, 4.69) is 26.8 Å². The first-order valence-corrected chi connectivity index (χ1v) is 10.9. The Kier molecular flexibility index (Phi) is 9.41. The van der Waals surface area contributed by atoms with Crippen molar-refractivity contribution in [2.24, 2.45) is 17.3 Å². The van der Waals surface area contributed by atoms with Crippen LogP contribution in [0.4, 0.5) is 0 Å². The Labute approximate surface area is 169 Å². The summed E-state index contributed by atoms with van der Waals surface area (Å²) in [6.45, 7) is 6.42. The first-order chi connectivity index (χ1) is 13.4. The fourth-order valence-electron chi connectivity index (χ4n) is 4.54. The molecule has 2 aliphatic rings. The van der Waals surface area contributed by atoms with Crippen LogP contribution in [0.5, 0.6) is 0 Å². The van der Waals surface area contributed by atoms with Gasteiger partial charge in [-0.2, -0.15) is 0 Å². The molecule has 6 heteroatoms. The molecule has 0 aromatic rings. The number of hydrogen-bond donors (Lipinski definition) is 2. The van der Waals surface area contributed by atoms with Crippen molar-refractivity contribution >= 4 is 5.97 Å². The Balaban J connectivity index is 1.87. The molecule has 1 heterocycles. The lowest BCUT2D eigenvalue weighted by molar-refractivity contribution is -0.337. The average Bonchev–Trinajstić information content (AvgIpc) is 3.25. The lowest BCUT2D eigenvalue weighted by atomic mass is 9.80. The maximum Gasteiger partial charge on any atom is 0.303 e. The molecule has 6 nitrogen and oxygen atoms in total. The van der Waals surface area contributed by atoms with E-state index in [0.717, 1.165) is 57.8 Å². The van der Waals surface area contributed by atoms with Gasteiger partial charge in [-0.05, 0) is 30.6 Å². The highest BCUT2D eigenvalue weighted by Crippen LogP contribution is 2.45. The van der Waals surface area contributed by atoms with Crippen LogP contribution in [-0.4, -0.2) is 34.6 Å². The predicted molar refractivity (Wildman–Crippen MR) is 107 cm³/mol. The Hall–Kier alpha value is -0.950. The molecule has 1 unspecified atom stereocenters. The molecule has 2 fully saturated rings. The van der Waals surface area contributed by atoms with Gasteiger partial charge in [0.2, 0.25) is 0 Å². The second-order valence-electron chi connectivity index (χ2n) is 9.10. The number of aliphatic carboxylic acids is 1. The summed E-state index contributed by atoms with van der Waals surface area (Å²) in [5.74, 6) is -0.0312. The van der Waals surface area contributed by atoms with Crippen molar-refractivity contribution in [2.45, 2.75) is 103 Å². The molecule has 2 N–H and O–H groups in total. The predicted octanol–water partition coefficient (Wildman–Crippen LogP) is 5.38. The van der Waals surface area contributed by atoms with E-state index < -0.39 is 5.97 Å². The summed E-state index contributed by atoms with van der Waals surface area (Å²) in [4.78, 5) is 26.3. The third kappa shape index (κ3) is 6.55. The molecule has 1 saturated heterocycles. The van der Waals surface area contributed by atoms with Crippen molar-refractivity contribution in [1.82, 2.24) is 0 Å². The summed E-state index contributed by atoms with van der Waals surface area (Å²) in [6.07, 6.45) is 13.3. The van der Waals surface area contributed by atoms with Gasteiger partial charge in [-0.15, -0.1) is 0 Å². The number of hydrogen-bond acceptors (Lipinski definition) is 5. The molecule has 0 aromatic heterocycles. The van der Waals surface area contributed by atoms with Gasteiger partial charge in [-0.3, -0.25) is 10.1 Å². The maximum atomic E-state index is 10.6. The molecule has 2 rings (SSSR count). The van der Waals surface area contributed by atoms with Crippen molar-refractivity contribution in [2.75, 3.05) is 0 Å². The van der Waals surface area contributed by atoms with Gasteiger partial charge < -0.3 is 5.11 Å². The topological polar surface area (TPSA) is 85.2 Å². The summed E-state index contributed by atoms with van der Waals surface area (Å²) in [7, 11) is 0. The molecule has 1 aliphatic carbocycles. The normalized spacial score (nSPS) is 28.3. The van der Waals surface area contributed by atoms with E-state index >= 15 is 0 Å². The van der Waals surface area contributed by atoms with E-state index in [1.807, 2.05) is 6.08 Å². The molecule has 28 heavy (non-hydrogen) atoms. The van der Waals surface area contributed by atoms with Crippen LogP contribution in [0.2, 0.25) is 0 Å². The minimum atomic E-state index is -0.716. The minimum absolute atomic E-state index is 0.0800. The molecule has 2 bridgehead atoms. The van der Waals surface area contributed by atoms with Crippen molar-refractivity contribution in [1.29, 1.82) is 0 Å². The average molecular weight is 399 g/mol. The first-order valence-electron chi connectivity index (χ1n) is 10.9. The zero-order valence-electron chi connectivity index (χ0n) is 17.6. The van der Waals surface area contributed by atoms with Gasteiger partial charge in [0.1, 0.15) is 12.2 Å². The highest BCUT2D eigenvalue weighted by molar-refractivity contribution is 5.66. The Bertz CT molecular complexity index is 503. The lowest BCUT2D eigenvalue weighted by Crippen LogP contribution is -2.32. The molecule has 162 valence electrons. The fourth-order valence-corrected chi connectivity index (χ4v) is 4.54. The third-order valence-electron chi connectivity index (χ3n) is 6.41. The fraction of sp³-hybridized carbons (Fsp3) is 0.864. The van der Waals surface area contributed by atoms with Crippen LogP contribution in [0, 0.1) is 17.3 Å². The second-order valence-corrected chi connectivity index (χ2v) is 9.10. The number of carboxylic acids is 1. The molecule has 1 saturated carbocycles. The van der Waals surface area contributed by atoms with Gasteiger partial charge in [0.25, 0.3) is 0 Å². The molecule has 0 radical (unpaired) electrons. The maximum absolute atomic E-state index is 10.6. The lowest BCUT2D eigenvalue weighted by Gasteiger charge is -2.31. The van der Waals surface area contributed by atoms with Crippen LogP contribution < -0.4 is 0 Å². The summed E-state index contributed by atoms with van der Waals surface area (Å²) in [5.41, 5.74) is -0.129. The van der Waals surface area contributed by atoms with Crippen LogP contribution in [0.15, 0.2) is 12.2 Å². The smallest absolute Gasteiger partial charge is 0.303 e. The van der Waals surface area contributed by atoms with E-state index in [1.54, 1.807) is 0 Å². The van der Waals surface area contributed by atoms with Crippen LogP contribution in [0.1, 0.15) is 85.0 Å². The molecular formula is C22H38O6. The van der Waals surface area contributed by atoms with Crippen molar-refractivity contribution in [3.63, 3.8) is 0 Å². The largest absolute Gasteiger partial charge is 0.481 e. The van der Waals surface area contributed by atoms with Gasteiger partial charge >= 0.3 is 5.97 Å². The summed E-state index contributed by atoms with van der Waals surface area (Å²) in [6, 6.07) is 0. The number of carboxylic acid groups (broad SMARTS) is 1. The molecule has 0 spiro atoms. The minimum Gasteiger partial charge on any atom is -0.481 e. The monoisotopic (exact) mass is 398 g/mol. The zero-order valence-corrected chi connectivity index (χ0v) is 17.6. The third-order valence-corrected chi connectivity index (χ3v) is 6.41. The van der Waals surface area contributed by atoms with Crippen molar-refractivity contribution in [3.8, 4) is 0 Å². The Morgan fingerprint density at radius 1 is 1.18 bits per heavy atom. The molecule has 0 amide bonds. The number of fused-ring (bicyclic) bond motifs is 2. The van der Waals surface area contributed by atoms with Gasteiger partial charge in [-0.1, -0.05) is 65.0 Å². The van der Waals surface area contributed by atoms with Gasteiger partial charge in [0, 0.05) is 18.8 Å².